The van der Waals surface area contributed by atoms with Crippen LogP contribution >= 0.6 is 0 Å². The lowest BCUT2D eigenvalue weighted by molar-refractivity contribution is 0.212. The van der Waals surface area contributed by atoms with Crippen LogP contribution in [-0.2, 0) is 0 Å². The minimum Gasteiger partial charge on any atom is -0.206 e. The molecule has 1 fully saturated rings. The fraction of sp³-hybridized carbons (Fsp3) is 0.333. The van der Waals surface area contributed by atoms with Crippen molar-refractivity contribution < 1.29 is 13.2 Å². The van der Waals surface area contributed by atoms with Gasteiger partial charge in [0.05, 0.1) is 0 Å². The van der Waals surface area contributed by atoms with Gasteiger partial charge >= 0.3 is 0 Å². The molecule has 0 N–H and O–H groups in total. The monoisotopic (exact) mass is 486 g/mol. The zero-order valence-electron chi connectivity index (χ0n) is 20.9. The van der Waals surface area contributed by atoms with E-state index in [0.717, 1.165) is 30.2 Å². The van der Waals surface area contributed by atoms with Crippen molar-refractivity contribution in [3.8, 4) is 22.3 Å². The Hall–Kier alpha value is -3.07. The van der Waals surface area contributed by atoms with Crippen LogP contribution < -0.4 is 0 Å². The summed E-state index contributed by atoms with van der Waals surface area (Å²) >= 11 is 0. The van der Waals surface area contributed by atoms with E-state index in [1.807, 2.05) is 12.1 Å². The van der Waals surface area contributed by atoms with Crippen LogP contribution in [0.2, 0.25) is 0 Å². The first-order valence-corrected chi connectivity index (χ1v) is 13.1. The van der Waals surface area contributed by atoms with Crippen LogP contribution in [0.4, 0.5) is 13.2 Å². The first-order valence-electron chi connectivity index (χ1n) is 13.1. The van der Waals surface area contributed by atoms with Gasteiger partial charge in [0.25, 0.3) is 0 Å². The molecule has 3 aromatic carbocycles. The van der Waals surface area contributed by atoms with Gasteiger partial charge in [-0.05, 0) is 104 Å². The molecule has 36 heavy (non-hydrogen) atoms. The summed E-state index contributed by atoms with van der Waals surface area (Å²) in [5, 5.41) is 0. The molecule has 0 nitrogen and oxygen atoms in total. The molecule has 0 spiro atoms. The van der Waals surface area contributed by atoms with Crippen LogP contribution in [0.1, 0.15) is 56.1 Å². The summed E-state index contributed by atoms with van der Waals surface area (Å²) in [4.78, 5) is 0. The lowest BCUT2D eigenvalue weighted by Gasteiger charge is -2.34. The third-order valence-corrected chi connectivity index (χ3v) is 8.39. The molecule has 1 atom stereocenters. The molecule has 3 aromatic rings. The van der Waals surface area contributed by atoms with Crippen molar-refractivity contribution in [2.24, 2.45) is 17.8 Å². The summed E-state index contributed by atoms with van der Waals surface area (Å²) in [6, 6.07) is 15.6. The average molecular weight is 487 g/mol. The van der Waals surface area contributed by atoms with E-state index in [1.54, 1.807) is 42.5 Å². The van der Waals surface area contributed by atoms with Crippen molar-refractivity contribution in [1.82, 2.24) is 0 Å². The van der Waals surface area contributed by atoms with Crippen molar-refractivity contribution in [3.63, 3.8) is 0 Å². The van der Waals surface area contributed by atoms with Gasteiger partial charge in [-0.2, -0.15) is 0 Å². The summed E-state index contributed by atoms with van der Waals surface area (Å²) in [7, 11) is 0. The van der Waals surface area contributed by atoms with E-state index in [2.05, 4.69) is 18.7 Å². The largest absolute Gasteiger partial charge is 0.206 e. The lowest BCUT2D eigenvalue weighted by atomic mass is 9.71. The maximum atomic E-state index is 15.2. The second-order valence-corrected chi connectivity index (χ2v) is 10.5. The third-order valence-electron chi connectivity index (χ3n) is 8.39. The fourth-order valence-corrected chi connectivity index (χ4v) is 6.04. The van der Waals surface area contributed by atoms with E-state index in [4.69, 9.17) is 0 Å². The SMILES string of the molecule is C=CC1CCC(C2CC=C(c3ccc(-c4ccc(-c5ccc(C)c(F)c5F)cc4)c(F)c3)CC2)CC1. The van der Waals surface area contributed by atoms with Crippen molar-refractivity contribution in [2.45, 2.75) is 51.9 Å². The Kier molecular flexibility index (Phi) is 7.18. The second kappa shape index (κ2) is 10.5. The third kappa shape index (κ3) is 4.93. The molecule has 0 bridgehead atoms. The van der Waals surface area contributed by atoms with Gasteiger partial charge in [-0.3, -0.25) is 0 Å². The summed E-state index contributed by atoms with van der Waals surface area (Å²) in [5.74, 6) is 0.297. The first-order chi connectivity index (χ1) is 17.4. The Balaban J connectivity index is 1.28. The van der Waals surface area contributed by atoms with Crippen LogP contribution in [0, 0.1) is 42.1 Å². The number of aryl methyl sites for hydroxylation is 1. The lowest BCUT2D eigenvalue weighted by Crippen LogP contribution is -2.22. The molecule has 0 radical (unpaired) electrons. The van der Waals surface area contributed by atoms with E-state index >= 15 is 4.39 Å². The topological polar surface area (TPSA) is 0 Å². The highest BCUT2D eigenvalue weighted by atomic mass is 19.2. The quantitative estimate of drug-likeness (QED) is 0.315. The van der Waals surface area contributed by atoms with E-state index < -0.39 is 11.6 Å². The molecule has 2 aliphatic rings. The Bertz CT molecular complexity index is 1280. The molecule has 0 amide bonds. The minimum absolute atomic E-state index is 0.205. The number of rotatable bonds is 5. The van der Waals surface area contributed by atoms with Gasteiger partial charge in [-0.1, -0.05) is 60.7 Å². The molecule has 1 unspecified atom stereocenters. The molecule has 5 rings (SSSR count). The molecule has 0 aromatic heterocycles. The molecular weight excluding hydrogens is 453 g/mol. The van der Waals surface area contributed by atoms with E-state index in [-0.39, 0.29) is 16.9 Å². The van der Waals surface area contributed by atoms with Gasteiger partial charge in [0.2, 0.25) is 0 Å². The maximum Gasteiger partial charge on any atom is 0.166 e. The number of halogens is 3. The number of hydrogen-bond acceptors (Lipinski definition) is 0. The van der Waals surface area contributed by atoms with Gasteiger partial charge in [0.15, 0.2) is 11.6 Å². The van der Waals surface area contributed by atoms with Gasteiger partial charge in [0.1, 0.15) is 5.82 Å². The predicted molar refractivity (Wildman–Crippen MR) is 143 cm³/mol. The standard InChI is InChI=1S/C33H33F3/c1-3-22-5-7-23(8-6-22)24-9-11-25(12-10-24)28-17-19-29(31(34)20-28)26-13-15-27(16-14-26)30-18-4-21(2)32(35)33(30)36/h3-4,11,13-20,22-24H,1,5-10,12H2,2H3. The van der Waals surface area contributed by atoms with Crippen molar-refractivity contribution >= 4 is 5.57 Å². The summed E-state index contributed by atoms with van der Waals surface area (Å²) in [5.41, 5.74) is 4.46. The molecular formula is C33H33F3. The maximum absolute atomic E-state index is 15.2. The highest BCUT2D eigenvalue weighted by Crippen LogP contribution is 2.42. The summed E-state index contributed by atoms with van der Waals surface area (Å²) in [6.45, 7) is 5.49. The molecule has 186 valence electrons. The van der Waals surface area contributed by atoms with Crippen molar-refractivity contribution in [2.75, 3.05) is 0 Å². The number of allylic oxidation sites excluding steroid dienone is 3. The van der Waals surface area contributed by atoms with Gasteiger partial charge < -0.3 is 0 Å². The fourth-order valence-electron chi connectivity index (χ4n) is 6.04. The summed E-state index contributed by atoms with van der Waals surface area (Å²) in [6.07, 6.45) is 12.8. The first kappa shape index (κ1) is 24.6. The van der Waals surface area contributed by atoms with Crippen LogP contribution in [0.25, 0.3) is 27.8 Å². The van der Waals surface area contributed by atoms with Crippen LogP contribution in [-0.4, -0.2) is 0 Å². The Morgan fingerprint density at radius 3 is 1.97 bits per heavy atom. The highest BCUT2D eigenvalue weighted by Gasteiger charge is 2.28. The minimum atomic E-state index is -0.856. The normalized spacial score (nSPS) is 22.2. The van der Waals surface area contributed by atoms with Crippen LogP contribution in [0.5, 0.6) is 0 Å². The van der Waals surface area contributed by atoms with E-state index in [1.165, 1.54) is 44.6 Å². The van der Waals surface area contributed by atoms with Gasteiger partial charge in [0, 0.05) is 11.1 Å². The summed E-state index contributed by atoms with van der Waals surface area (Å²) < 4.78 is 43.5. The molecule has 1 saturated carbocycles. The average Bonchev–Trinajstić information content (AvgIpc) is 2.92. The van der Waals surface area contributed by atoms with Gasteiger partial charge in [-0.25, -0.2) is 13.2 Å². The Morgan fingerprint density at radius 1 is 0.722 bits per heavy atom. The molecule has 0 aliphatic heterocycles. The zero-order valence-corrected chi connectivity index (χ0v) is 20.9. The van der Waals surface area contributed by atoms with Crippen molar-refractivity contribution in [3.05, 3.63) is 102 Å². The van der Waals surface area contributed by atoms with Crippen LogP contribution in [0.3, 0.4) is 0 Å². The predicted octanol–water partition coefficient (Wildman–Crippen LogP) is 9.92. The van der Waals surface area contributed by atoms with Gasteiger partial charge in [-0.15, -0.1) is 6.58 Å². The number of hydrogen-bond donors (Lipinski definition) is 0. The molecule has 2 aliphatic carbocycles. The zero-order chi connectivity index (χ0) is 25.2. The second-order valence-electron chi connectivity index (χ2n) is 10.5. The van der Waals surface area contributed by atoms with E-state index in [9.17, 15) is 8.78 Å². The van der Waals surface area contributed by atoms with Crippen molar-refractivity contribution in [1.29, 1.82) is 0 Å². The number of benzene rings is 3. The molecule has 0 saturated heterocycles. The molecule has 3 heteroatoms. The highest BCUT2D eigenvalue weighted by molar-refractivity contribution is 5.74. The smallest absolute Gasteiger partial charge is 0.166 e. The van der Waals surface area contributed by atoms with E-state index in [0.29, 0.717) is 22.6 Å². The Labute approximate surface area is 212 Å². The van der Waals surface area contributed by atoms with Crippen LogP contribution in [0.15, 0.2) is 73.3 Å². The molecule has 0 heterocycles. The Morgan fingerprint density at radius 2 is 1.36 bits per heavy atom.